The molecule has 5 nitrogen and oxygen atoms in total. The van der Waals surface area contributed by atoms with E-state index < -0.39 is 0 Å². The fourth-order valence-corrected chi connectivity index (χ4v) is 3.21. The maximum Gasteiger partial charge on any atom is 0.221 e. The third kappa shape index (κ3) is 2.80. The van der Waals surface area contributed by atoms with E-state index in [-0.39, 0.29) is 6.35 Å². The van der Waals surface area contributed by atoms with Gasteiger partial charge in [-0.25, -0.2) is 9.97 Å². The number of para-hydroxylation sites is 2. The number of hydrogen-bond acceptors (Lipinski definition) is 5. The van der Waals surface area contributed by atoms with Gasteiger partial charge in [0.2, 0.25) is 6.35 Å². The first-order valence-corrected chi connectivity index (χ1v) is 8.99. The Bertz CT molecular complexity index is 870. The van der Waals surface area contributed by atoms with E-state index in [1.165, 1.54) is 0 Å². The zero-order chi connectivity index (χ0) is 17.9. The van der Waals surface area contributed by atoms with Crippen LogP contribution in [0, 0.1) is 0 Å². The smallest absolute Gasteiger partial charge is 0.221 e. The monoisotopic (exact) mass is 346 g/mol. The number of hydrogen-bond donors (Lipinski definition) is 0. The number of benzene rings is 2. The predicted octanol–water partition coefficient (Wildman–Crippen LogP) is 4.65. The summed E-state index contributed by atoms with van der Waals surface area (Å²) in [5, 5.41) is 0. The number of fused-ring (bicyclic) bond motifs is 1. The molecule has 0 spiro atoms. The Morgan fingerprint density at radius 1 is 0.846 bits per heavy atom. The minimum absolute atomic E-state index is 0.327. The van der Waals surface area contributed by atoms with Crippen molar-refractivity contribution in [2.75, 3.05) is 16.4 Å². The summed E-state index contributed by atoms with van der Waals surface area (Å²) in [5.74, 6) is 1.65. The summed E-state index contributed by atoms with van der Waals surface area (Å²) in [6.07, 6.45) is 2.37. The number of ether oxygens (including phenoxy) is 1. The molecule has 0 amide bonds. The quantitative estimate of drug-likeness (QED) is 0.673. The molecule has 0 fully saturated rings. The van der Waals surface area contributed by atoms with Crippen molar-refractivity contribution in [2.24, 2.45) is 0 Å². The van der Waals surface area contributed by atoms with E-state index in [0.29, 0.717) is 6.61 Å². The molecule has 1 atom stereocenters. The summed E-state index contributed by atoms with van der Waals surface area (Å²) >= 11 is 0. The second kappa shape index (κ2) is 7.14. The van der Waals surface area contributed by atoms with Gasteiger partial charge in [-0.15, -0.1) is 0 Å². The number of aromatic nitrogens is 2. The summed E-state index contributed by atoms with van der Waals surface area (Å²) in [6, 6.07) is 20.4. The molecule has 0 N–H and O–H groups in total. The van der Waals surface area contributed by atoms with E-state index in [0.717, 1.165) is 35.1 Å². The molecule has 2 heterocycles. The van der Waals surface area contributed by atoms with Crippen molar-refractivity contribution >= 4 is 23.0 Å². The topological polar surface area (TPSA) is 41.5 Å². The highest BCUT2D eigenvalue weighted by atomic mass is 16.5. The maximum absolute atomic E-state index is 6.16. The lowest BCUT2D eigenvalue weighted by atomic mass is 10.3. The highest BCUT2D eigenvalue weighted by Gasteiger charge is 2.41. The molecule has 3 aromatic rings. The number of rotatable bonds is 5. The van der Waals surface area contributed by atoms with Crippen molar-refractivity contribution < 1.29 is 4.74 Å². The molecule has 0 saturated heterocycles. The van der Waals surface area contributed by atoms with Gasteiger partial charge in [-0.2, -0.15) is 0 Å². The van der Waals surface area contributed by atoms with Crippen LogP contribution in [-0.4, -0.2) is 22.9 Å². The molecule has 1 aliphatic heterocycles. The summed E-state index contributed by atoms with van der Waals surface area (Å²) in [4.78, 5) is 13.8. The van der Waals surface area contributed by atoms with E-state index in [4.69, 9.17) is 14.7 Å². The van der Waals surface area contributed by atoms with E-state index >= 15 is 0 Å². The average molecular weight is 346 g/mol. The highest BCUT2D eigenvalue weighted by Crippen LogP contribution is 2.45. The van der Waals surface area contributed by atoms with E-state index in [1.54, 1.807) is 0 Å². The summed E-state index contributed by atoms with van der Waals surface area (Å²) in [5.41, 5.74) is 3.03. The van der Waals surface area contributed by atoms with Gasteiger partial charge in [0.05, 0.1) is 11.9 Å². The van der Waals surface area contributed by atoms with Gasteiger partial charge in [0.25, 0.3) is 0 Å². The first-order valence-electron chi connectivity index (χ1n) is 8.99. The summed E-state index contributed by atoms with van der Waals surface area (Å²) in [7, 11) is 0. The zero-order valence-corrected chi connectivity index (χ0v) is 15.0. The Hall–Kier alpha value is -2.92. The van der Waals surface area contributed by atoms with Crippen molar-refractivity contribution in [3.63, 3.8) is 0 Å². The first-order chi connectivity index (χ1) is 12.8. The molecule has 0 bridgehead atoms. The van der Waals surface area contributed by atoms with Crippen LogP contribution >= 0.6 is 0 Å². The summed E-state index contributed by atoms with van der Waals surface area (Å²) < 4.78 is 6.16. The fourth-order valence-electron chi connectivity index (χ4n) is 3.21. The van der Waals surface area contributed by atoms with Gasteiger partial charge < -0.3 is 4.74 Å². The van der Waals surface area contributed by atoms with Gasteiger partial charge in [-0.05, 0) is 37.6 Å². The minimum atomic E-state index is -0.327. The van der Waals surface area contributed by atoms with Crippen molar-refractivity contribution in [3.8, 4) is 0 Å². The van der Waals surface area contributed by atoms with Crippen LogP contribution in [-0.2, 0) is 11.2 Å². The van der Waals surface area contributed by atoms with Crippen LogP contribution in [0.25, 0.3) is 0 Å². The molecule has 4 rings (SSSR count). The molecule has 5 heteroatoms. The number of aryl methyl sites for hydroxylation is 1. The second-order valence-corrected chi connectivity index (χ2v) is 6.05. The number of anilines is 4. The van der Waals surface area contributed by atoms with Gasteiger partial charge >= 0.3 is 0 Å². The van der Waals surface area contributed by atoms with Gasteiger partial charge in [0.15, 0.2) is 11.6 Å². The van der Waals surface area contributed by atoms with E-state index in [9.17, 15) is 0 Å². The Balaban J connectivity index is 1.91. The van der Waals surface area contributed by atoms with Gasteiger partial charge in [0, 0.05) is 18.0 Å². The van der Waals surface area contributed by atoms with Crippen LogP contribution in [0.15, 0.2) is 66.9 Å². The minimum Gasteiger partial charge on any atom is -0.340 e. The predicted molar refractivity (Wildman–Crippen MR) is 104 cm³/mol. The Labute approximate surface area is 153 Å². The molecular formula is C21H22N4O. The molecule has 1 aliphatic rings. The van der Waals surface area contributed by atoms with Crippen LogP contribution < -0.4 is 9.80 Å². The lowest BCUT2D eigenvalue weighted by Gasteiger charge is -2.31. The molecule has 0 radical (unpaired) electrons. The van der Waals surface area contributed by atoms with Crippen LogP contribution in [0.3, 0.4) is 0 Å². The molecule has 1 aromatic heterocycles. The molecule has 1 unspecified atom stereocenters. The van der Waals surface area contributed by atoms with Crippen LogP contribution in [0.2, 0.25) is 0 Å². The lowest BCUT2D eigenvalue weighted by molar-refractivity contribution is 0.0767. The fraction of sp³-hybridized carbons (Fsp3) is 0.238. The van der Waals surface area contributed by atoms with Gasteiger partial charge in [0.1, 0.15) is 0 Å². The zero-order valence-electron chi connectivity index (χ0n) is 15.0. The molecule has 2 aromatic carbocycles. The molecule has 26 heavy (non-hydrogen) atoms. The van der Waals surface area contributed by atoms with Gasteiger partial charge in [-0.1, -0.05) is 43.3 Å². The van der Waals surface area contributed by atoms with Crippen molar-refractivity contribution in [1.82, 2.24) is 9.97 Å². The largest absolute Gasteiger partial charge is 0.340 e. The third-order valence-electron chi connectivity index (χ3n) is 4.43. The Kier molecular flexibility index (Phi) is 4.54. The van der Waals surface area contributed by atoms with Crippen LogP contribution in [0.4, 0.5) is 23.0 Å². The SMILES string of the molecule is CCOC1N(c2ccccc2)c2ncc(CC)nc2N1c1ccccc1. The van der Waals surface area contributed by atoms with Crippen molar-refractivity contribution in [2.45, 2.75) is 26.6 Å². The summed E-state index contributed by atoms with van der Waals surface area (Å²) in [6.45, 7) is 4.69. The second-order valence-electron chi connectivity index (χ2n) is 6.05. The highest BCUT2D eigenvalue weighted by molar-refractivity contribution is 5.82. The Morgan fingerprint density at radius 3 is 1.96 bits per heavy atom. The average Bonchev–Trinajstić information content (AvgIpc) is 3.02. The lowest BCUT2D eigenvalue weighted by Crippen LogP contribution is -2.40. The van der Waals surface area contributed by atoms with Crippen LogP contribution in [0.1, 0.15) is 19.5 Å². The van der Waals surface area contributed by atoms with E-state index in [1.807, 2.05) is 49.5 Å². The molecule has 0 aliphatic carbocycles. The normalized spacial score (nSPS) is 16.0. The Morgan fingerprint density at radius 2 is 1.42 bits per heavy atom. The van der Waals surface area contributed by atoms with E-state index in [2.05, 4.69) is 41.0 Å². The maximum atomic E-state index is 6.16. The third-order valence-corrected chi connectivity index (χ3v) is 4.43. The van der Waals surface area contributed by atoms with Crippen molar-refractivity contribution in [3.05, 3.63) is 72.6 Å². The molecule has 132 valence electrons. The first kappa shape index (κ1) is 16.5. The molecular weight excluding hydrogens is 324 g/mol. The molecule has 0 saturated carbocycles. The number of nitrogens with zero attached hydrogens (tertiary/aromatic N) is 4. The standard InChI is InChI=1S/C21H22N4O/c1-3-16-15-22-19-20(23-16)25(18-13-9-6-10-14-18)21(26-4-2)24(19)17-11-7-5-8-12-17/h5-15,21H,3-4H2,1-2H3. The van der Waals surface area contributed by atoms with Gasteiger partial charge in [-0.3, -0.25) is 9.80 Å². The van der Waals surface area contributed by atoms with Crippen molar-refractivity contribution in [1.29, 1.82) is 0 Å². The van der Waals surface area contributed by atoms with Crippen LogP contribution in [0.5, 0.6) is 0 Å².